The van der Waals surface area contributed by atoms with E-state index in [9.17, 15) is 9.59 Å². The highest BCUT2D eigenvalue weighted by atomic mass is 16.5. The van der Waals surface area contributed by atoms with Crippen molar-refractivity contribution in [3.63, 3.8) is 0 Å². The number of hydrogen-bond donors (Lipinski definition) is 1. The predicted molar refractivity (Wildman–Crippen MR) is 69.3 cm³/mol. The van der Waals surface area contributed by atoms with Crippen LogP contribution in [0.3, 0.4) is 0 Å². The summed E-state index contributed by atoms with van der Waals surface area (Å²) in [6, 6.07) is 6.60. The number of carbonyl (C=O) groups is 2. The van der Waals surface area contributed by atoms with Crippen LogP contribution in [0.5, 0.6) is 0 Å². The van der Waals surface area contributed by atoms with Crippen LogP contribution in [0.2, 0.25) is 0 Å². The average Bonchev–Trinajstić information content (AvgIpc) is 2.34. The molecular weight excluding hydrogens is 230 g/mol. The Kier molecular flexibility index (Phi) is 4.89. The maximum atomic E-state index is 12.0. The molecule has 0 heterocycles. The average molecular weight is 249 g/mol. The molecule has 1 aromatic rings. The minimum Gasteiger partial charge on any atom is -0.467 e. The van der Waals surface area contributed by atoms with E-state index in [0.29, 0.717) is 5.56 Å². The van der Waals surface area contributed by atoms with Crippen LogP contribution in [0.1, 0.15) is 29.8 Å². The maximum absolute atomic E-state index is 12.0. The SMILES string of the molecule is COC(=O)[C@H](NC(=O)c1cccc(C)c1)C(C)C. The molecule has 0 aromatic heterocycles. The highest BCUT2D eigenvalue weighted by Crippen LogP contribution is 2.08. The molecule has 1 amide bonds. The predicted octanol–water partition coefficient (Wildman–Crippen LogP) is 1.92. The van der Waals surface area contributed by atoms with E-state index in [2.05, 4.69) is 10.1 Å². The lowest BCUT2D eigenvalue weighted by molar-refractivity contribution is -0.144. The molecule has 0 bridgehead atoms. The molecule has 1 atom stereocenters. The van der Waals surface area contributed by atoms with Crippen molar-refractivity contribution in [2.75, 3.05) is 7.11 Å². The first-order valence-electron chi connectivity index (χ1n) is 5.91. The molecule has 0 saturated carbocycles. The minimum atomic E-state index is -0.622. The topological polar surface area (TPSA) is 55.4 Å². The standard InChI is InChI=1S/C14H19NO3/c1-9(2)12(14(17)18-4)15-13(16)11-7-5-6-10(3)8-11/h5-9,12H,1-4H3,(H,15,16)/t12-/m1/s1. The first kappa shape index (κ1) is 14.2. The molecule has 0 aliphatic heterocycles. The molecule has 0 aliphatic rings. The summed E-state index contributed by atoms with van der Waals surface area (Å²) in [7, 11) is 1.32. The third kappa shape index (κ3) is 3.58. The molecule has 0 radical (unpaired) electrons. The maximum Gasteiger partial charge on any atom is 0.328 e. The molecule has 1 rings (SSSR count). The highest BCUT2D eigenvalue weighted by Gasteiger charge is 2.25. The Morgan fingerprint density at radius 2 is 1.94 bits per heavy atom. The lowest BCUT2D eigenvalue weighted by Crippen LogP contribution is -2.45. The Labute approximate surface area is 107 Å². The van der Waals surface area contributed by atoms with E-state index >= 15 is 0 Å². The first-order chi connectivity index (χ1) is 8.45. The summed E-state index contributed by atoms with van der Waals surface area (Å²) in [4.78, 5) is 23.6. The number of carbonyl (C=O) groups excluding carboxylic acids is 2. The number of hydrogen-bond acceptors (Lipinski definition) is 3. The molecule has 4 heteroatoms. The molecular formula is C14H19NO3. The van der Waals surface area contributed by atoms with Gasteiger partial charge in [-0.1, -0.05) is 31.5 Å². The number of ether oxygens (including phenoxy) is 1. The zero-order chi connectivity index (χ0) is 13.7. The second-order valence-electron chi connectivity index (χ2n) is 4.59. The van der Waals surface area contributed by atoms with Gasteiger partial charge in [0.15, 0.2) is 0 Å². The number of rotatable bonds is 4. The zero-order valence-corrected chi connectivity index (χ0v) is 11.2. The molecule has 0 fully saturated rings. The third-order valence-electron chi connectivity index (χ3n) is 2.69. The molecule has 1 aromatic carbocycles. The summed E-state index contributed by atoms with van der Waals surface area (Å²) in [6.45, 7) is 5.63. The van der Waals surface area contributed by atoms with E-state index in [1.807, 2.05) is 32.9 Å². The fourth-order valence-corrected chi connectivity index (χ4v) is 1.64. The van der Waals surface area contributed by atoms with Crippen LogP contribution in [0, 0.1) is 12.8 Å². The van der Waals surface area contributed by atoms with Gasteiger partial charge in [0, 0.05) is 5.56 Å². The summed E-state index contributed by atoms with van der Waals surface area (Å²) in [5.41, 5.74) is 1.55. The fraction of sp³-hybridized carbons (Fsp3) is 0.429. The van der Waals surface area contributed by atoms with E-state index in [1.165, 1.54) is 7.11 Å². The van der Waals surface area contributed by atoms with Crippen molar-refractivity contribution in [1.29, 1.82) is 0 Å². The van der Waals surface area contributed by atoms with Crippen molar-refractivity contribution < 1.29 is 14.3 Å². The number of nitrogens with one attached hydrogen (secondary N) is 1. The molecule has 0 spiro atoms. The second-order valence-corrected chi connectivity index (χ2v) is 4.59. The van der Waals surface area contributed by atoms with Crippen molar-refractivity contribution in [3.05, 3.63) is 35.4 Å². The van der Waals surface area contributed by atoms with Gasteiger partial charge in [-0.2, -0.15) is 0 Å². The van der Waals surface area contributed by atoms with Gasteiger partial charge in [-0.25, -0.2) is 4.79 Å². The van der Waals surface area contributed by atoms with Crippen LogP contribution < -0.4 is 5.32 Å². The molecule has 98 valence electrons. The van der Waals surface area contributed by atoms with Crippen molar-refractivity contribution in [1.82, 2.24) is 5.32 Å². The van der Waals surface area contributed by atoms with Crippen LogP contribution in [0.4, 0.5) is 0 Å². The summed E-state index contributed by atoms with van der Waals surface area (Å²) < 4.78 is 4.68. The quantitative estimate of drug-likeness (QED) is 0.829. The van der Waals surface area contributed by atoms with Crippen LogP contribution in [-0.2, 0) is 9.53 Å². The third-order valence-corrected chi connectivity index (χ3v) is 2.69. The Morgan fingerprint density at radius 3 is 2.44 bits per heavy atom. The van der Waals surface area contributed by atoms with Crippen molar-refractivity contribution in [2.45, 2.75) is 26.8 Å². The van der Waals surface area contributed by atoms with E-state index in [1.54, 1.807) is 12.1 Å². The van der Waals surface area contributed by atoms with Gasteiger partial charge in [0.1, 0.15) is 6.04 Å². The summed E-state index contributed by atoms with van der Waals surface area (Å²) in [6.07, 6.45) is 0. The number of amides is 1. The number of benzene rings is 1. The summed E-state index contributed by atoms with van der Waals surface area (Å²) in [5.74, 6) is -0.708. The Balaban J connectivity index is 2.82. The van der Waals surface area contributed by atoms with Gasteiger partial charge in [-0.3, -0.25) is 4.79 Å². The first-order valence-corrected chi connectivity index (χ1v) is 5.91. The van der Waals surface area contributed by atoms with Gasteiger partial charge in [0.05, 0.1) is 7.11 Å². The second kappa shape index (κ2) is 6.19. The zero-order valence-electron chi connectivity index (χ0n) is 11.2. The highest BCUT2D eigenvalue weighted by molar-refractivity contribution is 5.96. The lowest BCUT2D eigenvalue weighted by atomic mass is 10.0. The lowest BCUT2D eigenvalue weighted by Gasteiger charge is -2.19. The van der Waals surface area contributed by atoms with E-state index in [4.69, 9.17) is 0 Å². The van der Waals surface area contributed by atoms with Crippen LogP contribution in [0.25, 0.3) is 0 Å². The molecule has 1 N–H and O–H groups in total. The van der Waals surface area contributed by atoms with Gasteiger partial charge in [-0.15, -0.1) is 0 Å². The minimum absolute atomic E-state index is 0.0220. The van der Waals surface area contributed by atoms with Crippen molar-refractivity contribution >= 4 is 11.9 Å². The van der Waals surface area contributed by atoms with Gasteiger partial charge < -0.3 is 10.1 Å². The van der Waals surface area contributed by atoms with Crippen molar-refractivity contribution in [2.24, 2.45) is 5.92 Å². The number of methoxy groups -OCH3 is 1. The molecule has 18 heavy (non-hydrogen) atoms. The Morgan fingerprint density at radius 1 is 1.28 bits per heavy atom. The molecule has 0 unspecified atom stereocenters. The number of aryl methyl sites for hydroxylation is 1. The van der Waals surface area contributed by atoms with Crippen LogP contribution >= 0.6 is 0 Å². The van der Waals surface area contributed by atoms with E-state index in [0.717, 1.165) is 5.56 Å². The smallest absolute Gasteiger partial charge is 0.328 e. The van der Waals surface area contributed by atoms with Gasteiger partial charge in [0.25, 0.3) is 5.91 Å². The normalized spacial score (nSPS) is 12.1. The van der Waals surface area contributed by atoms with Crippen LogP contribution in [0.15, 0.2) is 24.3 Å². The van der Waals surface area contributed by atoms with Gasteiger partial charge in [-0.05, 0) is 25.0 Å². The Bertz CT molecular complexity index is 440. The van der Waals surface area contributed by atoms with Gasteiger partial charge in [0.2, 0.25) is 0 Å². The molecule has 4 nitrogen and oxygen atoms in total. The van der Waals surface area contributed by atoms with Crippen LogP contribution in [-0.4, -0.2) is 25.0 Å². The van der Waals surface area contributed by atoms with E-state index < -0.39 is 12.0 Å². The fourth-order valence-electron chi connectivity index (χ4n) is 1.64. The molecule has 0 aliphatic carbocycles. The van der Waals surface area contributed by atoms with E-state index in [-0.39, 0.29) is 11.8 Å². The van der Waals surface area contributed by atoms with Crippen molar-refractivity contribution in [3.8, 4) is 0 Å². The molecule has 0 saturated heterocycles. The summed E-state index contributed by atoms with van der Waals surface area (Å²) >= 11 is 0. The Hall–Kier alpha value is -1.84. The number of esters is 1. The largest absolute Gasteiger partial charge is 0.467 e. The summed E-state index contributed by atoms with van der Waals surface area (Å²) in [5, 5.41) is 2.70. The monoisotopic (exact) mass is 249 g/mol. The van der Waals surface area contributed by atoms with Gasteiger partial charge >= 0.3 is 5.97 Å².